The molecule has 0 spiro atoms. The van der Waals surface area contributed by atoms with E-state index in [4.69, 9.17) is 5.73 Å². The molecule has 0 saturated heterocycles. The molecule has 4 heteroatoms. The van der Waals surface area contributed by atoms with Crippen LogP contribution in [-0.4, -0.2) is 0 Å². The lowest BCUT2D eigenvalue weighted by atomic mass is 9.95. The zero-order valence-corrected chi connectivity index (χ0v) is 12.0. The van der Waals surface area contributed by atoms with Crippen molar-refractivity contribution in [1.29, 1.82) is 0 Å². The minimum atomic E-state index is -4.39. The van der Waals surface area contributed by atoms with Crippen molar-refractivity contribution in [2.24, 2.45) is 5.73 Å². The Bertz CT molecular complexity index is 630. The van der Waals surface area contributed by atoms with Crippen LogP contribution in [0.2, 0.25) is 0 Å². The van der Waals surface area contributed by atoms with Gasteiger partial charge in [-0.1, -0.05) is 50.2 Å². The molecule has 0 aliphatic rings. The molecule has 112 valence electrons. The maximum atomic E-state index is 13.1. The van der Waals surface area contributed by atoms with Gasteiger partial charge in [0.05, 0.1) is 5.56 Å². The van der Waals surface area contributed by atoms with E-state index in [1.165, 1.54) is 12.1 Å². The molecule has 2 aromatic carbocycles. The van der Waals surface area contributed by atoms with Gasteiger partial charge in [0.15, 0.2) is 0 Å². The average molecular weight is 293 g/mol. The highest BCUT2D eigenvalue weighted by atomic mass is 19.4. The highest BCUT2D eigenvalue weighted by molar-refractivity contribution is 5.66. The number of alkyl halides is 3. The number of rotatable bonds is 3. The van der Waals surface area contributed by atoms with Crippen LogP contribution in [0, 0.1) is 0 Å². The zero-order valence-electron chi connectivity index (χ0n) is 12.0. The second-order valence-electron chi connectivity index (χ2n) is 5.35. The summed E-state index contributed by atoms with van der Waals surface area (Å²) in [6, 6.07) is 11.9. The fraction of sp³-hybridized carbons (Fsp3) is 0.294. The summed E-state index contributed by atoms with van der Waals surface area (Å²) in [5.41, 5.74) is 7.31. The fourth-order valence-electron chi connectivity index (χ4n) is 2.28. The highest BCUT2D eigenvalue weighted by Gasteiger charge is 2.33. The van der Waals surface area contributed by atoms with Crippen molar-refractivity contribution >= 4 is 0 Å². The van der Waals surface area contributed by atoms with Crippen molar-refractivity contribution in [2.45, 2.75) is 32.5 Å². The molecule has 0 aliphatic heterocycles. The lowest BCUT2D eigenvalue weighted by molar-refractivity contribution is -0.138. The van der Waals surface area contributed by atoms with Crippen molar-refractivity contribution in [3.8, 4) is 11.1 Å². The number of benzene rings is 2. The van der Waals surface area contributed by atoms with E-state index in [0.29, 0.717) is 11.5 Å². The van der Waals surface area contributed by atoms with Gasteiger partial charge in [-0.25, -0.2) is 0 Å². The first-order chi connectivity index (χ1) is 9.82. The topological polar surface area (TPSA) is 26.0 Å². The van der Waals surface area contributed by atoms with E-state index in [1.54, 1.807) is 6.07 Å². The monoisotopic (exact) mass is 293 g/mol. The number of nitrogens with two attached hydrogens (primary N) is 1. The minimum absolute atomic E-state index is 0.117. The molecule has 0 saturated carbocycles. The Morgan fingerprint density at radius 1 is 1.00 bits per heavy atom. The SMILES string of the molecule is CC(C)c1cccc(-c2ccc(CN)c(C(F)(F)F)c2)c1. The molecular weight excluding hydrogens is 275 g/mol. The highest BCUT2D eigenvalue weighted by Crippen LogP contribution is 2.35. The van der Waals surface area contributed by atoms with E-state index < -0.39 is 11.7 Å². The van der Waals surface area contributed by atoms with Crippen molar-refractivity contribution in [2.75, 3.05) is 0 Å². The normalized spacial score (nSPS) is 12.0. The van der Waals surface area contributed by atoms with E-state index in [0.717, 1.165) is 11.1 Å². The van der Waals surface area contributed by atoms with Gasteiger partial charge < -0.3 is 5.73 Å². The third kappa shape index (κ3) is 3.45. The maximum absolute atomic E-state index is 13.1. The summed E-state index contributed by atoms with van der Waals surface area (Å²) in [6.07, 6.45) is -4.39. The Hall–Kier alpha value is -1.81. The molecule has 0 bridgehead atoms. The predicted octanol–water partition coefficient (Wildman–Crippen LogP) is 4.95. The van der Waals surface area contributed by atoms with Gasteiger partial charge in [0.2, 0.25) is 0 Å². The smallest absolute Gasteiger partial charge is 0.326 e. The summed E-state index contributed by atoms with van der Waals surface area (Å²) < 4.78 is 39.2. The molecule has 2 aromatic rings. The summed E-state index contributed by atoms with van der Waals surface area (Å²) in [5.74, 6) is 0.329. The molecule has 0 amide bonds. The Morgan fingerprint density at radius 3 is 2.24 bits per heavy atom. The van der Waals surface area contributed by atoms with Crippen LogP contribution in [-0.2, 0) is 12.7 Å². The summed E-state index contributed by atoms with van der Waals surface area (Å²) in [6.45, 7) is 3.98. The molecular formula is C17H18F3N. The van der Waals surface area contributed by atoms with Gasteiger partial charge in [-0.3, -0.25) is 0 Å². The van der Waals surface area contributed by atoms with Crippen LogP contribution in [0.5, 0.6) is 0 Å². The van der Waals surface area contributed by atoms with Crippen molar-refractivity contribution in [3.05, 3.63) is 59.2 Å². The Labute approximate surface area is 122 Å². The lowest BCUT2D eigenvalue weighted by Gasteiger charge is -2.14. The van der Waals surface area contributed by atoms with E-state index in [9.17, 15) is 13.2 Å². The molecule has 0 unspecified atom stereocenters. The molecule has 0 atom stereocenters. The first kappa shape index (κ1) is 15.6. The standard InChI is InChI=1S/C17H18F3N/c1-11(2)12-4-3-5-13(8-12)14-6-7-15(10-21)16(9-14)17(18,19)20/h3-9,11H,10,21H2,1-2H3. The van der Waals surface area contributed by atoms with Gasteiger partial charge in [0.25, 0.3) is 0 Å². The van der Waals surface area contributed by atoms with E-state index in [-0.39, 0.29) is 12.1 Å². The van der Waals surface area contributed by atoms with Crippen LogP contribution in [0.4, 0.5) is 13.2 Å². The van der Waals surface area contributed by atoms with E-state index in [2.05, 4.69) is 13.8 Å². The van der Waals surface area contributed by atoms with Crippen molar-refractivity contribution < 1.29 is 13.2 Å². The zero-order chi connectivity index (χ0) is 15.6. The van der Waals surface area contributed by atoms with Crippen molar-refractivity contribution in [1.82, 2.24) is 0 Å². The van der Waals surface area contributed by atoms with Gasteiger partial charge >= 0.3 is 6.18 Å². The van der Waals surface area contributed by atoms with Gasteiger partial charge in [-0.05, 0) is 34.2 Å². The summed E-state index contributed by atoms with van der Waals surface area (Å²) in [4.78, 5) is 0. The molecule has 0 fully saturated rings. The second-order valence-corrected chi connectivity index (χ2v) is 5.35. The third-order valence-corrected chi connectivity index (χ3v) is 3.52. The summed E-state index contributed by atoms with van der Waals surface area (Å²) in [7, 11) is 0. The summed E-state index contributed by atoms with van der Waals surface area (Å²) in [5, 5.41) is 0. The lowest BCUT2D eigenvalue weighted by Crippen LogP contribution is -2.12. The van der Waals surface area contributed by atoms with E-state index >= 15 is 0 Å². The Kier molecular flexibility index (Phi) is 4.37. The van der Waals surface area contributed by atoms with Gasteiger partial charge in [0, 0.05) is 6.54 Å². The Balaban J connectivity index is 2.53. The largest absolute Gasteiger partial charge is 0.416 e. The number of hydrogen-bond donors (Lipinski definition) is 1. The molecule has 2 rings (SSSR count). The average Bonchev–Trinajstić information content (AvgIpc) is 2.45. The van der Waals surface area contributed by atoms with Gasteiger partial charge in [-0.15, -0.1) is 0 Å². The molecule has 2 N–H and O–H groups in total. The van der Waals surface area contributed by atoms with Crippen LogP contribution < -0.4 is 5.73 Å². The number of hydrogen-bond acceptors (Lipinski definition) is 1. The first-order valence-electron chi connectivity index (χ1n) is 6.83. The summed E-state index contributed by atoms with van der Waals surface area (Å²) >= 11 is 0. The van der Waals surface area contributed by atoms with Crippen LogP contribution in [0.1, 0.15) is 36.5 Å². The van der Waals surface area contributed by atoms with Crippen LogP contribution >= 0.6 is 0 Å². The Morgan fingerprint density at radius 2 is 1.67 bits per heavy atom. The first-order valence-corrected chi connectivity index (χ1v) is 6.83. The number of halogens is 3. The van der Waals surface area contributed by atoms with Crippen LogP contribution in [0.15, 0.2) is 42.5 Å². The van der Waals surface area contributed by atoms with Crippen molar-refractivity contribution in [3.63, 3.8) is 0 Å². The molecule has 0 aliphatic carbocycles. The quantitative estimate of drug-likeness (QED) is 0.851. The van der Waals surface area contributed by atoms with Crippen LogP contribution in [0.3, 0.4) is 0 Å². The van der Waals surface area contributed by atoms with Gasteiger partial charge in [0.1, 0.15) is 0 Å². The molecule has 0 heterocycles. The molecule has 1 nitrogen and oxygen atoms in total. The molecule has 0 radical (unpaired) electrons. The third-order valence-electron chi connectivity index (χ3n) is 3.52. The van der Waals surface area contributed by atoms with Gasteiger partial charge in [-0.2, -0.15) is 13.2 Å². The fourth-order valence-corrected chi connectivity index (χ4v) is 2.28. The second kappa shape index (κ2) is 5.90. The molecule has 0 aromatic heterocycles. The predicted molar refractivity (Wildman–Crippen MR) is 78.9 cm³/mol. The minimum Gasteiger partial charge on any atom is -0.326 e. The van der Waals surface area contributed by atoms with E-state index in [1.807, 2.05) is 24.3 Å². The van der Waals surface area contributed by atoms with Crippen LogP contribution in [0.25, 0.3) is 11.1 Å². The molecule has 21 heavy (non-hydrogen) atoms. The maximum Gasteiger partial charge on any atom is 0.416 e.